The number of hydrogen-bond acceptors (Lipinski definition) is 2. The molecular weight excluding hydrogens is 372 g/mol. The third-order valence-electron chi connectivity index (χ3n) is 6.32. The average molecular weight is 404 g/mol. The number of rotatable bonds is 7. The minimum absolute atomic E-state index is 0.00689. The SMILES string of the molecule is CCCC(c1ccc(F)c(F)c1)N(C)C(=O)C1CCC(Cc2ccnn2C)CC1. The van der Waals surface area contributed by atoms with Crippen molar-refractivity contribution in [3.8, 4) is 0 Å². The fourth-order valence-corrected chi connectivity index (χ4v) is 4.53. The van der Waals surface area contributed by atoms with Crippen LogP contribution in [-0.2, 0) is 18.3 Å². The van der Waals surface area contributed by atoms with Crippen LogP contribution < -0.4 is 0 Å². The van der Waals surface area contributed by atoms with Crippen LogP contribution in [-0.4, -0.2) is 27.6 Å². The monoisotopic (exact) mass is 403 g/mol. The summed E-state index contributed by atoms with van der Waals surface area (Å²) in [6.07, 6.45) is 8.22. The molecule has 0 bridgehead atoms. The van der Waals surface area contributed by atoms with Crippen LogP contribution in [0.2, 0.25) is 0 Å². The maximum Gasteiger partial charge on any atom is 0.225 e. The summed E-state index contributed by atoms with van der Waals surface area (Å²) in [6, 6.07) is 5.80. The summed E-state index contributed by atoms with van der Waals surface area (Å²) in [6.45, 7) is 2.04. The van der Waals surface area contributed by atoms with Crippen LogP contribution in [0.4, 0.5) is 8.78 Å². The molecule has 1 aliphatic rings. The van der Waals surface area contributed by atoms with Crippen molar-refractivity contribution in [2.75, 3.05) is 7.05 Å². The zero-order chi connectivity index (χ0) is 21.0. The van der Waals surface area contributed by atoms with Crippen molar-refractivity contribution in [1.29, 1.82) is 0 Å². The molecule has 1 atom stereocenters. The Bertz CT molecular complexity index is 827. The molecule has 2 aromatic rings. The van der Waals surface area contributed by atoms with Gasteiger partial charge in [-0.3, -0.25) is 9.48 Å². The molecule has 1 amide bonds. The molecule has 0 spiro atoms. The minimum Gasteiger partial charge on any atom is -0.338 e. The molecule has 1 unspecified atom stereocenters. The predicted molar refractivity (Wildman–Crippen MR) is 109 cm³/mol. The first-order chi connectivity index (χ1) is 13.9. The molecule has 1 aliphatic carbocycles. The van der Waals surface area contributed by atoms with Crippen molar-refractivity contribution in [2.45, 2.75) is 57.9 Å². The lowest BCUT2D eigenvalue weighted by Crippen LogP contribution is -2.37. The van der Waals surface area contributed by atoms with Gasteiger partial charge in [0.1, 0.15) is 0 Å². The lowest BCUT2D eigenvalue weighted by atomic mass is 9.79. The van der Waals surface area contributed by atoms with Gasteiger partial charge >= 0.3 is 0 Å². The van der Waals surface area contributed by atoms with E-state index in [2.05, 4.69) is 11.2 Å². The second kappa shape index (κ2) is 9.51. The molecule has 4 nitrogen and oxygen atoms in total. The number of aromatic nitrogens is 2. The van der Waals surface area contributed by atoms with Crippen LogP contribution in [0, 0.1) is 23.5 Å². The number of hydrogen-bond donors (Lipinski definition) is 0. The molecule has 158 valence electrons. The molecule has 6 heteroatoms. The molecule has 1 heterocycles. The summed E-state index contributed by atoms with van der Waals surface area (Å²) in [7, 11) is 3.76. The van der Waals surface area contributed by atoms with Gasteiger partial charge < -0.3 is 4.90 Å². The third-order valence-corrected chi connectivity index (χ3v) is 6.32. The van der Waals surface area contributed by atoms with E-state index in [0.717, 1.165) is 51.0 Å². The van der Waals surface area contributed by atoms with Crippen LogP contribution in [0.25, 0.3) is 0 Å². The highest BCUT2D eigenvalue weighted by atomic mass is 19.2. The number of halogens is 2. The Morgan fingerprint density at radius 2 is 1.93 bits per heavy atom. The summed E-state index contributed by atoms with van der Waals surface area (Å²) in [5, 5.41) is 4.23. The van der Waals surface area contributed by atoms with E-state index in [1.807, 2.05) is 24.9 Å². The van der Waals surface area contributed by atoms with Gasteiger partial charge in [-0.15, -0.1) is 0 Å². The van der Waals surface area contributed by atoms with E-state index < -0.39 is 11.6 Å². The highest BCUT2D eigenvalue weighted by Crippen LogP contribution is 2.34. The molecule has 3 rings (SSSR count). The van der Waals surface area contributed by atoms with Crippen molar-refractivity contribution in [2.24, 2.45) is 18.9 Å². The maximum atomic E-state index is 13.7. The molecule has 1 fully saturated rings. The molecule has 1 aromatic carbocycles. The van der Waals surface area contributed by atoms with E-state index in [9.17, 15) is 13.6 Å². The van der Waals surface area contributed by atoms with Crippen LogP contribution in [0.3, 0.4) is 0 Å². The molecule has 29 heavy (non-hydrogen) atoms. The quantitative estimate of drug-likeness (QED) is 0.649. The van der Waals surface area contributed by atoms with Gasteiger partial charge in [0.15, 0.2) is 11.6 Å². The Hall–Kier alpha value is -2.24. The molecule has 0 saturated heterocycles. The van der Waals surface area contributed by atoms with Gasteiger partial charge in [0.25, 0.3) is 0 Å². The second-order valence-corrected chi connectivity index (χ2v) is 8.30. The maximum absolute atomic E-state index is 13.7. The van der Waals surface area contributed by atoms with Gasteiger partial charge in [0.2, 0.25) is 5.91 Å². The first-order valence-corrected chi connectivity index (χ1v) is 10.6. The number of carbonyl (C=O) groups excluding carboxylic acids is 1. The van der Waals surface area contributed by atoms with Crippen LogP contribution >= 0.6 is 0 Å². The van der Waals surface area contributed by atoms with Crippen molar-refractivity contribution in [3.05, 3.63) is 53.4 Å². The summed E-state index contributed by atoms with van der Waals surface area (Å²) in [4.78, 5) is 14.9. The van der Waals surface area contributed by atoms with Crippen LogP contribution in [0.5, 0.6) is 0 Å². The first kappa shape index (κ1) is 21.5. The molecule has 0 aliphatic heterocycles. The van der Waals surface area contributed by atoms with Crippen molar-refractivity contribution >= 4 is 5.91 Å². The summed E-state index contributed by atoms with van der Waals surface area (Å²) < 4.78 is 29.0. The van der Waals surface area contributed by atoms with Crippen LogP contribution in [0.1, 0.15) is 62.7 Å². The van der Waals surface area contributed by atoms with Crippen molar-refractivity contribution in [3.63, 3.8) is 0 Å². The van der Waals surface area contributed by atoms with E-state index in [0.29, 0.717) is 11.5 Å². The number of nitrogens with zero attached hydrogens (tertiary/aromatic N) is 3. The van der Waals surface area contributed by atoms with E-state index in [4.69, 9.17) is 0 Å². The van der Waals surface area contributed by atoms with Crippen molar-refractivity contribution < 1.29 is 13.6 Å². The Morgan fingerprint density at radius 1 is 1.21 bits per heavy atom. The summed E-state index contributed by atoms with van der Waals surface area (Å²) >= 11 is 0. The molecule has 1 aromatic heterocycles. The summed E-state index contributed by atoms with van der Waals surface area (Å²) in [5.41, 5.74) is 1.89. The predicted octanol–water partition coefficient (Wildman–Crippen LogP) is 5.05. The van der Waals surface area contributed by atoms with E-state index in [-0.39, 0.29) is 17.9 Å². The van der Waals surface area contributed by atoms with E-state index >= 15 is 0 Å². The standard InChI is InChI=1S/C23H31F2N3O/c1-4-5-22(18-10-11-20(24)21(25)15-18)27(2)23(29)17-8-6-16(7-9-17)14-19-12-13-26-28(19)3/h10-13,15-17,22H,4-9,14H2,1-3H3. The smallest absolute Gasteiger partial charge is 0.225 e. The Balaban J connectivity index is 1.62. The van der Waals surface area contributed by atoms with E-state index in [1.54, 1.807) is 18.0 Å². The Kier molecular flexibility index (Phi) is 7.04. The Morgan fingerprint density at radius 3 is 2.52 bits per heavy atom. The largest absolute Gasteiger partial charge is 0.338 e. The van der Waals surface area contributed by atoms with Crippen molar-refractivity contribution in [1.82, 2.24) is 14.7 Å². The topological polar surface area (TPSA) is 38.1 Å². The summed E-state index contributed by atoms with van der Waals surface area (Å²) in [5.74, 6) is -1.01. The number of aryl methyl sites for hydroxylation is 1. The normalized spacial score (nSPS) is 20.4. The third kappa shape index (κ3) is 5.03. The highest BCUT2D eigenvalue weighted by Gasteiger charge is 2.31. The zero-order valence-corrected chi connectivity index (χ0v) is 17.6. The minimum atomic E-state index is -0.861. The Labute approximate surface area is 171 Å². The average Bonchev–Trinajstić information content (AvgIpc) is 3.12. The lowest BCUT2D eigenvalue weighted by Gasteiger charge is -2.34. The second-order valence-electron chi connectivity index (χ2n) is 8.30. The van der Waals surface area contributed by atoms with Gasteiger partial charge in [-0.25, -0.2) is 8.78 Å². The zero-order valence-electron chi connectivity index (χ0n) is 17.6. The van der Waals surface area contributed by atoms with Gasteiger partial charge in [-0.1, -0.05) is 19.4 Å². The fraction of sp³-hybridized carbons (Fsp3) is 0.565. The molecule has 0 radical (unpaired) electrons. The molecular formula is C23H31F2N3O. The fourth-order valence-electron chi connectivity index (χ4n) is 4.53. The highest BCUT2D eigenvalue weighted by molar-refractivity contribution is 5.79. The van der Waals surface area contributed by atoms with E-state index in [1.165, 1.54) is 11.8 Å². The number of carbonyl (C=O) groups is 1. The first-order valence-electron chi connectivity index (χ1n) is 10.6. The lowest BCUT2D eigenvalue weighted by molar-refractivity contribution is -0.138. The van der Waals surface area contributed by atoms with Crippen LogP contribution in [0.15, 0.2) is 30.5 Å². The van der Waals surface area contributed by atoms with Gasteiger partial charge in [0.05, 0.1) is 6.04 Å². The molecule has 1 saturated carbocycles. The van der Waals surface area contributed by atoms with Gasteiger partial charge in [0, 0.05) is 31.9 Å². The van der Waals surface area contributed by atoms with Gasteiger partial charge in [-0.2, -0.15) is 5.10 Å². The van der Waals surface area contributed by atoms with Gasteiger partial charge in [-0.05, 0) is 68.2 Å². The molecule has 0 N–H and O–H groups in total. The number of benzene rings is 1. The number of amides is 1.